The lowest BCUT2D eigenvalue weighted by Crippen LogP contribution is -2.22. The predicted octanol–water partition coefficient (Wildman–Crippen LogP) is 0.0872. The van der Waals surface area contributed by atoms with Gasteiger partial charge < -0.3 is 20.7 Å². The summed E-state index contributed by atoms with van der Waals surface area (Å²) in [5.74, 6) is -0.594. The number of esters is 1. The number of anilines is 1. The molecular weight excluding hydrogens is 210 g/mol. The number of hydrogen-bond donors (Lipinski definition) is 3. The van der Waals surface area contributed by atoms with E-state index in [1.54, 1.807) is 25.1 Å². The third-order valence-electron chi connectivity index (χ3n) is 2.13. The third kappa shape index (κ3) is 2.95. The summed E-state index contributed by atoms with van der Waals surface area (Å²) < 4.78 is 4.81. The van der Waals surface area contributed by atoms with E-state index in [1.165, 1.54) is 0 Å². The second-order valence-electron chi connectivity index (χ2n) is 3.47. The molecule has 0 radical (unpaired) electrons. The van der Waals surface area contributed by atoms with Gasteiger partial charge in [0.15, 0.2) is 0 Å². The molecule has 4 N–H and O–H groups in total. The fourth-order valence-electron chi connectivity index (χ4n) is 1.27. The lowest BCUT2D eigenvalue weighted by Gasteiger charge is -2.11. The van der Waals surface area contributed by atoms with Crippen molar-refractivity contribution in [3.05, 3.63) is 29.3 Å². The summed E-state index contributed by atoms with van der Waals surface area (Å²) in [6, 6.07) is 5.09. The van der Waals surface area contributed by atoms with Gasteiger partial charge in [-0.15, -0.1) is 0 Å². The molecule has 1 aromatic carbocycles. The molecular formula is C11H15NO4. The Kier molecular flexibility index (Phi) is 4.28. The Balaban J connectivity index is 2.73. The molecule has 0 bridgehead atoms. The quantitative estimate of drug-likeness (QED) is 0.498. The van der Waals surface area contributed by atoms with Gasteiger partial charge in [0.25, 0.3) is 0 Å². The zero-order valence-corrected chi connectivity index (χ0v) is 9.01. The lowest BCUT2D eigenvalue weighted by atomic mass is 10.1. The standard InChI is InChI=1S/C11H15NO4/c1-7-3-2-4-9(12)10(7)11(15)16-6-8(14)5-13/h2-4,8,13-14H,5-6,12H2,1H3. The van der Waals surface area contributed by atoms with E-state index in [2.05, 4.69) is 0 Å². The van der Waals surface area contributed by atoms with Crippen molar-refractivity contribution in [3.8, 4) is 0 Å². The minimum Gasteiger partial charge on any atom is -0.459 e. The van der Waals surface area contributed by atoms with Gasteiger partial charge in [0.1, 0.15) is 12.7 Å². The molecule has 16 heavy (non-hydrogen) atoms. The van der Waals surface area contributed by atoms with Crippen molar-refractivity contribution in [1.29, 1.82) is 0 Å². The van der Waals surface area contributed by atoms with E-state index in [0.29, 0.717) is 16.8 Å². The molecule has 1 unspecified atom stereocenters. The number of rotatable bonds is 4. The number of aliphatic hydroxyl groups is 2. The molecule has 5 heteroatoms. The van der Waals surface area contributed by atoms with Crippen LogP contribution in [0.4, 0.5) is 5.69 Å². The number of nitrogen functional groups attached to an aromatic ring is 1. The van der Waals surface area contributed by atoms with Crippen molar-refractivity contribution in [1.82, 2.24) is 0 Å². The first-order valence-corrected chi connectivity index (χ1v) is 4.87. The zero-order chi connectivity index (χ0) is 12.1. The first-order valence-electron chi connectivity index (χ1n) is 4.87. The lowest BCUT2D eigenvalue weighted by molar-refractivity contribution is 0.00936. The van der Waals surface area contributed by atoms with E-state index < -0.39 is 18.7 Å². The maximum atomic E-state index is 11.6. The van der Waals surface area contributed by atoms with Gasteiger partial charge in [-0.3, -0.25) is 0 Å². The molecule has 0 saturated carbocycles. The van der Waals surface area contributed by atoms with E-state index in [4.69, 9.17) is 20.7 Å². The molecule has 0 saturated heterocycles. The number of hydrogen-bond acceptors (Lipinski definition) is 5. The van der Waals surface area contributed by atoms with Crippen LogP contribution in [0.5, 0.6) is 0 Å². The molecule has 88 valence electrons. The van der Waals surface area contributed by atoms with Gasteiger partial charge >= 0.3 is 5.97 Å². The molecule has 0 fully saturated rings. The van der Waals surface area contributed by atoms with Crippen molar-refractivity contribution < 1.29 is 19.7 Å². The highest BCUT2D eigenvalue weighted by Gasteiger charge is 2.15. The number of carbonyl (C=O) groups excluding carboxylic acids is 1. The van der Waals surface area contributed by atoms with Crippen molar-refractivity contribution in [2.24, 2.45) is 0 Å². The van der Waals surface area contributed by atoms with Gasteiger partial charge in [-0.1, -0.05) is 12.1 Å². The van der Waals surface area contributed by atoms with Crippen molar-refractivity contribution >= 4 is 11.7 Å². The third-order valence-corrected chi connectivity index (χ3v) is 2.13. The number of aryl methyl sites for hydroxylation is 1. The summed E-state index contributed by atoms with van der Waals surface area (Å²) in [7, 11) is 0. The second-order valence-corrected chi connectivity index (χ2v) is 3.47. The molecule has 0 aliphatic heterocycles. The summed E-state index contributed by atoms with van der Waals surface area (Å²) in [4.78, 5) is 11.6. The van der Waals surface area contributed by atoms with Gasteiger partial charge in [-0.25, -0.2) is 4.79 Å². The minimum absolute atomic E-state index is 0.247. The molecule has 0 heterocycles. The largest absolute Gasteiger partial charge is 0.459 e. The van der Waals surface area contributed by atoms with Crippen LogP contribution in [0.2, 0.25) is 0 Å². The minimum atomic E-state index is -1.06. The number of benzene rings is 1. The van der Waals surface area contributed by atoms with Crippen molar-refractivity contribution in [2.75, 3.05) is 18.9 Å². The van der Waals surface area contributed by atoms with Crippen molar-refractivity contribution in [3.63, 3.8) is 0 Å². The molecule has 0 aromatic heterocycles. The van der Waals surface area contributed by atoms with Gasteiger partial charge in [0.2, 0.25) is 0 Å². The zero-order valence-electron chi connectivity index (χ0n) is 9.01. The summed E-state index contributed by atoms with van der Waals surface area (Å²) in [5, 5.41) is 17.6. The highest BCUT2D eigenvalue weighted by atomic mass is 16.5. The van der Waals surface area contributed by atoms with Crippen LogP contribution < -0.4 is 5.73 Å². The van der Waals surface area contributed by atoms with Gasteiger partial charge in [-0.2, -0.15) is 0 Å². The fraction of sp³-hybridized carbons (Fsp3) is 0.364. The van der Waals surface area contributed by atoms with E-state index >= 15 is 0 Å². The van der Waals surface area contributed by atoms with Gasteiger partial charge in [0, 0.05) is 5.69 Å². The Morgan fingerprint density at radius 1 is 1.56 bits per heavy atom. The van der Waals surface area contributed by atoms with Crippen LogP contribution in [0.3, 0.4) is 0 Å². The van der Waals surface area contributed by atoms with E-state index in [-0.39, 0.29) is 6.61 Å². The van der Waals surface area contributed by atoms with Crippen LogP contribution in [-0.2, 0) is 4.74 Å². The van der Waals surface area contributed by atoms with Gasteiger partial charge in [-0.05, 0) is 18.6 Å². The molecule has 0 aliphatic carbocycles. The van der Waals surface area contributed by atoms with Crippen LogP contribution in [0.1, 0.15) is 15.9 Å². The number of aliphatic hydroxyl groups excluding tert-OH is 2. The van der Waals surface area contributed by atoms with Crippen LogP contribution in [0.15, 0.2) is 18.2 Å². The Hall–Kier alpha value is -1.59. The van der Waals surface area contributed by atoms with Crippen LogP contribution in [-0.4, -0.2) is 35.5 Å². The Labute approximate surface area is 93.5 Å². The summed E-state index contributed by atoms with van der Waals surface area (Å²) in [6.45, 7) is 1.05. The average Bonchev–Trinajstić information content (AvgIpc) is 2.25. The Morgan fingerprint density at radius 3 is 2.81 bits per heavy atom. The smallest absolute Gasteiger partial charge is 0.340 e. The fourth-order valence-corrected chi connectivity index (χ4v) is 1.27. The number of carbonyl (C=O) groups is 1. The molecule has 0 amide bonds. The number of ether oxygens (including phenoxy) is 1. The molecule has 1 atom stereocenters. The maximum Gasteiger partial charge on any atom is 0.340 e. The van der Waals surface area contributed by atoms with E-state index in [0.717, 1.165) is 0 Å². The molecule has 1 aromatic rings. The summed E-state index contributed by atoms with van der Waals surface area (Å²) in [6.07, 6.45) is -1.06. The highest BCUT2D eigenvalue weighted by molar-refractivity contribution is 5.96. The van der Waals surface area contributed by atoms with E-state index in [1.807, 2.05) is 0 Å². The first-order chi connectivity index (χ1) is 7.56. The second kappa shape index (κ2) is 5.48. The normalized spacial score (nSPS) is 12.2. The topological polar surface area (TPSA) is 92.8 Å². The molecule has 0 spiro atoms. The van der Waals surface area contributed by atoms with Crippen LogP contribution in [0.25, 0.3) is 0 Å². The van der Waals surface area contributed by atoms with Crippen molar-refractivity contribution in [2.45, 2.75) is 13.0 Å². The molecule has 0 aliphatic rings. The van der Waals surface area contributed by atoms with Crippen LogP contribution in [0, 0.1) is 6.92 Å². The summed E-state index contributed by atoms with van der Waals surface area (Å²) >= 11 is 0. The predicted molar refractivity (Wildman–Crippen MR) is 59.0 cm³/mol. The summed E-state index contributed by atoms with van der Waals surface area (Å²) in [5.41, 5.74) is 7.00. The number of nitrogens with two attached hydrogens (primary N) is 1. The van der Waals surface area contributed by atoms with Gasteiger partial charge in [0.05, 0.1) is 12.2 Å². The Morgan fingerprint density at radius 2 is 2.25 bits per heavy atom. The molecule has 5 nitrogen and oxygen atoms in total. The molecule has 1 rings (SSSR count). The highest BCUT2D eigenvalue weighted by Crippen LogP contribution is 2.17. The van der Waals surface area contributed by atoms with E-state index in [9.17, 15) is 4.79 Å². The Bertz CT molecular complexity index is 358. The maximum absolute atomic E-state index is 11.6. The average molecular weight is 225 g/mol. The van der Waals surface area contributed by atoms with Crippen LogP contribution >= 0.6 is 0 Å². The first kappa shape index (κ1) is 12.5. The SMILES string of the molecule is Cc1cccc(N)c1C(=O)OCC(O)CO. The monoisotopic (exact) mass is 225 g/mol.